The fourth-order valence-electron chi connectivity index (χ4n) is 3.74. The van der Waals surface area contributed by atoms with Gasteiger partial charge in [-0.2, -0.15) is 0 Å². The van der Waals surface area contributed by atoms with E-state index in [1.54, 1.807) is 41.3 Å². The summed E-state index contributed by atoms with van der Waals surface area (Å²) in [6.07, 6.45) is 1.94. The van der Waals surface area contributed by atoms with Gasteiger partial charge in [-0.25, -0.2) is 0 Å². The largest absolute Gasteiger partial charge is 0.493 e. The lowest BCUT2D eigenvalue weighted by molar-refractivity contribution is 0.0793. The smallest absolute Gasteiger partial charge is 0.256 e. The Balaban J connectivity index is 1.56. The zero-order chi connectivity index (χ0) is 23.2. The van der Waals surface area contributed by atoms with Gasteiger partial charge >= 0.3 is 0 Å². The minimum Gasteiger partial charge on any atom is -0.493 e. The monoisotopic (exact) mass is 446 g/mol. The summed E-state index contributed by atoms with van der Waals surface area (Å²) in [5.41, 5.74) is 1.18. The van der Waals surface area contributed by atoms with Crippen LogP contribution in [-0.2, 0) is 0 Å². The normalized spacial score (nSPS) is 12.8. The van der Waals surface area contributed by atoms with Crippen molar-refractivity contribution in [3.63, 3.8) is 0 Å². The number of benzene rings is 3. The van der Waals surface area contributed by atoms with Gasteiger partial charge in [-0.05, 0) is 55.3 Å². The third-order valence-corrected chi connectivity index (χ3v) is 5.49. The van der Waals surface area contributed by atoms with Crippen LogP contribution in [0.15, 0.2) is 66.7 Å². The number of hydrogen-bond acceptors (Lipinski definition) is 5. The highest BCUT2D eigenvalue weighted by molar-refractivity contribution is 6.09. The van der Waals surface area contributed by atoms with Gasteiger partial charge in [-0.1, -0.05) is 18.2 Å². The summed E-state index contributed by atoms with van der Waals surface area (Å²) in [7, 11) is 3.02. The van der Waals surface area contributed by atoms with Crippen LogP contribution in [0, 0.1) is 0 Å². The number of anilines is 1. The van der Waals surface area contributed by atoms with E-state index >= 15 is 0 Å². The zero-order valence-electron chi connectivity index (χ0n) is 18.7. The van der Waals surface area contributed by atoms with Crippen LogP contribution in [0.25, 0.3) is 0 Å². The van der Waals surface area contributed by atoms with Crippen molar-refractivity contribution in [3.8, 4) is 23.0 Å². The summed E-state index contributed by atoms with van der Waals surface area (Å²) in [6.45, 7) is 1.40. The van der Waals surface area contributed by atoms with E-state index in [-0.39, 0.29) is 11.8 Å². The molecule has 1 N–H and O–H groups in total. The van der Waals surface area contributed by atoms with Crippen LogP contribution in [0.5, 0.6) is 23.0 Å². The number of nitrogens with zero attached hydrogens (tertiary/aromatic N) is 1. The highest BCUT2D eigenvalue weighted by Crippen LogP contribution is 2.35. The maximum absolute atomic E-state index is 13.1. The maximum atomic E-state index is 13.1. The number of likely N-dealkylation sites (tertiary alicyclic amines) is 1. The van der Waals surface area contributed by atoms with Crippen molar-refractivity contribution in [2.75, 3.05) is 32.6 Å². The number of para-hydroxylation sites is 1. The highest BCUT2D eigenvalue weighted by atomic mass is 16.5. The third kappa shape index (κ3) is 5.09. The molecule has 7 heteroatoms. The third-order valence-electron chi connectivity index (χ3n) is 5.49. The summed E-state index contributed by atoms with van der Waals surface area (Å²) < 4.78 is 16.5. The standard InChI is InChI=1S/C26H26N2O5/c1-31-23-16-21(26(30)28-14-6-7-15-28)22(17-24(23)32-2)27-25(29)18-10-12-20(13-11-18)33-19-8-4-3-5-9-19/h3-5,8-13,16-17H,6-7,14-15H2,1-2H3,(H,27,29). The van der Waals surface area contributed by atoms with Crippen LogP contribution < -0.4 is 19.5 Å². The van der Waals surface area contributed by atoms with Crippen molar-refractivity contribution < 1.29 is 23.8 Å². The number of amides is 2. The maximum Gasteiger partial charge on any atom is 0.256 e. The van der Waals surface area contributed by atoms with Crippen molar-refractivity contribution in [1.29, 1.82) is 0 Å². The summed E-state index contributed by atoms with van der Waals surface area (Å²) in [4.78, 5) is 27.9. The Morgan fingerprint density at radius 3 is 2.06 bits per heavy atom. The fraction of sp³-hybridized carbons (Fsp3) is 0.231. The van der Waals surface area contributed by atoms with Crippen molar-refractivity contribution in [2.24, 2.45) is 0 Å². The highest BCUT2D eigenvalue weighted by Gasteiger charge is 2.25. The lowest BCUT2D eigenvalue weighted by Gasteiger charge is -2.20. The van der Waals surface area contributed by atoms with Gasteiger partial charge in [-0.3, -0.25) is 9.59 Å². The molecule has 3 aromatic carbocycles. The van der Waals surface area contributed by atoms with Crippen molar-refractivity contribution in [1.82, 2.24) is 4.90 Å². The molecular weight excluding hydrogens is 420 g/mol. The molecule has 0 saturated carbocycles. The Morgan fingerprint density at radius 2 is 1.42 bits per heavy atom. The molecule has 170 valence electrons. The first kappa shape index (κ1) is 22.2. The quantitative estimate of drug-likeness (QED) is 0.554. The molecule has 0 radical (unpaired) electrons. The van der Waals surface area contributed by atoms with Crippen LogP contribution in [0.4, 0.5) is 5.69 Å². The molecule has 1 fully saturated rings. The summed E-state index contributed by atoms with van der Waals surface area (Å²) >= 11 is 0. The number of carbonyl (C=O) groups is 2. The van der Waals surface area contributed by atoms with Gasteiger partial charge in [0.1, 0.15) is 11.5 Å². The predicted molar refractivity (Wildman–Crippen MR) is 126 cm³/mol. The molecule has 0 bridgehead atoms. The summed E-state index contributed by atoms with van der Waals surface area (Å²) in [6, 6.07) is 19.5. The second kappa shape index (κ2) is 10.1. The van der Waals surface area contributed by atoms with E-state index in [0.717, 1.165) is 12.8 Å². The van der Waals surface area contributed by atoms with Crippen molar-refractivity contribution >= 4 is 17.5 Å². The van der Waals surface area contributed by atoms with E-state index < -0.39 is 0 Å². The molecule has 1 heterocycles. The number of hydrogen-bond donors (Lipinski definition) is 1. The van der Waals surface area contributed by atoms with Gasteiger partial charge < -0.3 is 24.4 Å². The second-order valence-electron chi connectivity index (χ2n) is 7.65. The van der Waals surface area contributed by atoms with E-state index in [1.807, 2.05) is 30.3 Å². The first-order chi connectivity index (χ1) is 16.1. The van der Waals surface area contributed by atoms with Gasteiger partial charge in [0, 0.05) is 24.7 Å². The van der Waals surface area contributed by atoms with Crippen molar-refractivity contribution in [2.45, 2.75) is 12.8 Å². The van der Waals surface area contributed by atoms with Crippen LogP contribution in [0.1, 0.15) is 33.6 Å². The van der Waals surface area contributed by atoms with Gasteiger partial charge in [0.15, 0.2) is 11.5 Å². The average Bonchev–Trinajstić information content (AvgIpc) is 3.39. The summed E-state index contributed by atoms with van der Waals surface area (Å²) in [5, 5.41) is 2.86. The number of nitrogens with one attached hydrogen (secondary N) is 1. The molecule has 0 aromatic heterocycles. The number of carbonyl (C=O) groups excluding carboxylic acids is 2. The molecule has 3 aromatic rings. The first-order valence-corrected chi connectivity index (χ1v) is 10.8. The molecule has 0 aliphatic carbocycles. The van der Waals surface area contributed by atoms with E-state index in [1.165, 1.54) is 14.2 Å². The zero-order valence-corrected chi connectivity index (χ0v) is 18.7. The topological polar surface area (TPSA) is 77.1 Å². The Hall–Kier alpha value is -4.00. The SMILES string of the molecule is COc1cc(NC(=O)c2ccc(Oc3ccccc3)cc2)c(C(=O)N2CCCC2)cc1OC. The Labute approximate surface area is 192 Å². The summed E-state index contributed by atoms with van der Waals surface area (Å²) in [5.74, 6) is 1.70. The van der Waals surface area contributed by atoms with Crippen LogP contribution >= 0.6 is 0 Å². The number of rotatable bonds is 7. The molecule has 33 heavy (non-hydrogen) atoms. The fourth-order valence-corrected chi connectivity index (χ4v) is 3.74. The molecule has 0 unspecified atom stereocenters. The molecule has 0 spiro atoms. The lowest BCUT2D eigenvalue weighted by atomic mass is 10.1. The lowest BCUT2D eigenvalue weighted by Crippen LogP contribution is -2.29. The van der Waals surface area contributed by atoms with E-state index in [4.69, 9.17) is 14.2 Å². The van der Waals surface area contributed by atoms with E-state index in [0.29, 0.717) is 52.9 Å². The van der Waals surface area contributed by atoms with Crippen molar-refractivity contribution in [3.05, 3.63) is 77.9 Å². The molecule has 1 saturated heterocycles. The van der Waals surface area contributed by atoms with Gasteiger partial charge in [0.25, 0.3) is 11.8 Å². The molecule has 1 aliphatic rings. The molecule has 1 aliphatic heterocycles. The molecule has 4 rings (SSSR count). The number of ether oxygens (including phenoxy) is 3. The Kier molecular flexibility index (Phi) is 6.78. The predicted octanol–water partition coefficient (Wildman–Crippen LogP) is 4.98. The minimum absolute atomic E-state index is 0.143. The van der Waals surface area contributed by atoms with E-state index in [9.17, 15) is 9.59 Å². The minimum atomic E-state index is -0.344. The van der Waals surface area contributed by atoms with Gasteiger partial charge in [-0.15, -0.1) is 0 Å². The molecule has 0 atom stereocenters. The van der Waals surface area contributed by atoms with Crippen LogP contribution in [0.3, 0.4) is 0 Å². The molecule has 7 nitrogen and oxygen atoms in total. The Bertz CT molecular complexity index is 1120. The van der Waals surface area contributed by atoms with Crippen LogP contribution in [-0.4, -0.2) is 44.0 Å². The average molecular weight is 447 g/mol. The molecular formula is C26H26N2O5. The van der Waals surface area contributed by atoms with Crippen LogP contribution in [0.2, 0.25) is 0 Å². The Morgan fingerprint density at radius 1 is 0.818 bits per heavy atom. The first-order valence-electron chi connectivity index (χ1n) is 10.8. The second-order valence-corrected chi connectivity index (χ2v) is 7.65. The van der Waals surface area contributed by atoms with E-state index in [2.05, 4.69) is 5.32 Å². The number of methoxy groups -OCH3 is 2. The van der Waals surface area contributed by atoms with Gasteiger partial charge in [0.05, 0.1) is 25.5 Å². The molecule has 2 amide bonds. The van der Waals surface area contributed by atoms with Gasteiger partial charge in [0.2, 0.25) is 0 Å².